The Morgan fingerprint density at radius 2 is 1.60 bits per heavy atom. The Morgan fingerprint density at radius 3 is 2.20 bits per heavy atom. The largest absolute Gasteiger partial charge is 0.422 e. The van der Waals surface area contributed by atoms with Crippen LogP contribution in [-0.2, 0) is 4.84 Å². The van der Waals surface area contributed by atoms with Gasteiger partial charge in [0, 0.05) is 30.2 Å². The van der Waals surface area contributed by atoms with Crippen LogP contribution in [0, 0.1) is 0 Å². The molecule has 0 bridgehead atoms. The fraction of sp³-hybridized carbons (Fsp3) is 0.182. The van der Waals surface area contributed by atoms with Crippen LogP contribution < -0.4 is 10.5 Å². The van der Waals surface area contributed by atoms with Gasteiger partial charge in [-0.1, -0.05) is 17.2 Å². The molecule has 8 heteroatoms. The summed E-state index contributed by atoms with van der Waals surface area (Å²) in [6, 6.07) is 12.7. The van der Waals surface area contributed by atoms with E-state index in [1.165, 1.54) is 18.2 Å². The maximum Gasteiger partial charge on any atom is 0.371 e. The standard InChI is InChI=1S/C22H18N2O6/c1-3-23(4-2)14-10-9-13-11-17(21(27)29-18(13)12-14)22(28)30-24-19(25)15-7-5-6-8-16(15)20(24)26/h5-12H,3-4H2,1-2H3. The predicted molar refractivity (Wildman–Crippen MR) is 108 cm³/mol. The van der Waals surface area contributed by atoms with E-state index in [0.29, 0.717) is 16.0 Å². The maximum absolute atomic E-state index is 12.5. The van der Waals surface area contributed by atoms with E-state index in [9.17, 15) is 19.2 Å². The summed E-state index contributed by atoms with van der Waals surface area (Å²) in [6.07, 6.45) is 0. The molecule has 152 valence electrons. The lowest BCUT2D eigenvalue weighted by atomic mass is 10.1. The van der Waals surface area contributed by atoms with E-state index in [0.717, 1.165) is 18.8 Å². The zero-order valence-electron chi connectivity index (χ0n) is 16.4. The van der Waals surface area contributed by atoms with E-state index in [1.807, 2.05) is 19.9 Å². The zero-order valence-corrected chi connectivity index (χ0v) is 16.4. The molecule has 0 saturated carbocycles. The van der Waals surface area contributed by atoms with Crippen LogP contribution in [0.4, 0.5) is 5.69 Å². The molecular weight excluding hydrogens is 388 g/mol. The Labute approximate surface area is 171 Å². The highest BCUT2D eigenvalue weighted by atomic mass is 16.7. The van der Waals surface area contributed by atoms with Crippen LogP contribution in [0.5, 0.6) is 0 Å². The fourth-order valence-corrected chi connectivity index (χ4v) is 3.41. The third-order valence-electron chi connectivity index (χ3n) is 5.00. The minimum atomic E-state index is -1.15. The fourth-order valence-electron chi connectivity index (χ4n) is 3.41. The van der Waals surface area contributed by atoms with Gasteiger partial charge in [0.15, 0.2) is 0 Å². The molecule has 3 aromatic rings. The Hall–Kier alpha value is -3.94. The van der Waals surface area contributed by atoms with Crippen molar-refractivity contribution in [2.75, 3.05) is 18.0 Å². The topological polar surface area (TPSA) is 97.1 Å². The zero-order chi connectivity index (χ0) is 21.4. The molecule has 2 amide bonds. The van der Waals surface area contributed by atoms with Gasteiger partial charge in [-0.25, -0.2) is 9.59 Å². The minimum Gasteiger partial charge on any atom is -0.422 e. The van der Waals surface area contributed by atoms with Crippen LogP contribution in [0.2, 0.25) is 0 Å². The summed E-state index contributed by atoms with van der Waals surface area (Å²) >= 11 is 0. The van der Waals surface area contributed by atoms with Gasteiger partial charge < -0.3 is 14.2 Å². The van der Waals surface area contributed by atoms with Crippen molar-refractivity contribution < 1.29 is 23.6 Å². The van der Waals surface area contributed by atoms with Gasteiger partial charge in [-0.15, -0.1) is 0 Å². The number of hydrogen-bond donors (Lipinski definition) is 0. The molecule has 1 aliphatic heterocycles. The Kier molecular flexibility index (Phi) is 4.83. The van der Waals surface area contributed by atoms with Gasteiger partial charge in [0.25, 0.3) is 11.8 Å². The second-order valence-electron chi connectivity index (χ2n) is 6.67. The van der Waals surface area contributed by atoms with E-state index in [4.69, 9.17) is 9.25 Å². The highest BCUT2D eigenvalue weighted by Gasteiger charge is 2.39. The first-order chi connectivity index (χ1) is 14.4. The number of carbonyl (C=O) groups is 3. The average Bonchev–Trinajstić information content (AvgIpc) is 2.99. The van der Waals surface area contributed by atoms with Gasteiger partial charge >= 0.3 is 11.6 Å². The number of anilines is 1. The van der Waals surface area contributed by atoms with Gasteiger partial charge in [0.1, 0.15) is 11.1 Å². The SMILES string of the molecule is CCN(CC)c1ccc2cc(C(=O)ON3C(=O)c4ccccc4C3=O)c(=O)oc2c1. The summed E-state index contributed by atoms with van der Waals surface area (Å²) in [5.41, 5.74) is 0.142. The molecule has 8 nitrogen and oxygen atoms in total. The lowest BCUT2D eigenvalue weighted by molar-refractivity contribution is -0.0587. The third-order valence-corrected chi connectivity index (χ3v) is 5.00. The number of hydroxylamine groups is 2. The van der Waals surface area contributed by atoms with Crippen molar-refractivity contribution in [1.82, 2.24) is 5.06 Å². The summed E-state index contributed by atoms with van der Waals surface area (Å²) in [5, 5.41) is 0.875. The molecule has 1 aromatic heterocycles. The Balaban J connectivity index is 1.63. The highest BCUT2D eigenvalue weighted by molar-refractivity contribution is 6.21. The lowest BCUT2D eigenvalue weighted by Crippen LogP contribution is -2.34. The van der Waals surface area contributed by atoms with E-state index >= 15 is 0 Å². The minimum absolute atomic E-state index is 0.129. The molecule has 0 unspecified atom stereocenters. The van der Waals surface area contributed by atoms with E-state index in [-0.39, 0.29) is 11.1 Å². The average molecular weight is 406 g/mol. The number of amides is 2. The normalized spacial score (nSPS) is 12.9. The first kappa shape index (κ1) is 19.4. The number of imide groups is 1. The van der Waals surface area contributed by atoms with Gasteiger partial charge in [0.05, 0.1) is 11.1 Å². The number of benzene rings is 2. The third kappa shape index (κ3) is 3.12. The molecule has 0 fully saturated rings. The van der Waals surface area contributed by atoms with Crippen LogP contribution >= 0.6 is 0 Å². The number of nitrogens with zero attached hydrogens (tertiary/aromatic N) is 2. The summed E-state index contributed by atoms with van der Waals surface area (Å²) in [7, 11) is 0. The Morgan fingerprint density at radius 1 is 0.967 bits per heavy atom. The Bertz CT molecular complexity index is 1210. The summed E-state index contributed by atoms with van der Waals surface area (Å²) in [4.78, 5) is 56.7. The number of carbonyl (C=O) groups excluding carboxylic acids is 3. The van der Waals surface area contributed by atoms with Crippen molar-refractivity contribution in [3.63, 3.8) is 0 Å². The summed E-state index contributed by atoms with van der Waals surface area (Å²) < 4.78 is 5.30. The number of rotatable bonds is 5. The second kappa shape index (κ2) is 7.47. The molecule has 0 atom stereocenters. The van der Waals surface area contributed by atoms with Crippen LogP contribution in [0.1, 0.15) is 44.9 Å². The first-order valence-corrected chi connectivity index (χ1v) is 9.47. The van der Waals surface area contributed by atoms with E-state index < -0.39 is 29.0 Å². The van der Waals surface area contributed by atoms with E-state index in [1.54, 1.807) is 24.3 Å². The van der Waals surface area contributed by atoms with Crippen LogP contribution in [0.3, 0.4) is 0 Å². The second-order valence-corrected chi connectivity index (χ2v) is 6.67. The molecule has 2 aromatic carbocycles. The lowest BCUT2D eigenvalue weighted by Gasteiger charge is -2.21. The van der Waals surface area contributed by atoms with Gasteiger partial charge in [-0.3, -0.25) is 9.59 Å². The van der Waals surface area contributed by atoms with Crippen LogP contribution in [0.25, 0.3) is 11.0 Å². The van der Waals surface area contributed by atoms with Crippen molar-refractivity contribution >= 4 is 34.4 Å². The van der Waals surface area contributed by atoms with Crippen LogP contribution in [0.15, 0.2) is 57.7 Å². The highest BCUT2D eigenvalue weighted by Crippen LogP contribution is 2.25. The molecule has 0 aliphatic carbocycles. The molecule has 0 spiro atoms. The molecule has 0 saturated heterocycles. The van der Waals surface area contributed by atoms with Crippen molar-refractivity contribution in [2.45, 2.75) is 13.8 Å². The smallest absolute Gasteiger partial charge is 0.371 e. The van der Waals surface area contributed by atoms with Gasteiger partial charge in [-0.05, 0) is 44.2 Å². The van der Waals surface area contributed by atoms with Crippen molar-refractivity contribution in [3.05, 3.63) is 75.6 Å². The molecular formula is C22H18N2O6. The number of fused-ring (bicyclic) bond motifs is 2. The maximum atomic E-state index is 12.5. The summed E-state index contributed by atoms with van der Waals surface area (Å²) in [6.45, 7) is 5.61. The molecule has 1 aliphatic rings. The number of hydrogen-bond acceptors (Lipinski definition) is 7. The van der Waals surface area contributed by atoms with Crippen molar-refractivity contribution in [3.8, 4) is 0 Å². The van der Waals surface area contributed by atoms with Crippen LogP contribution in [-0.4, -0.2) is 35.9 Å². The molecule has 0 N–H and O–H groups in total. The van der Waals surface area contributed by atoms with Crippen molar-refractivity contribution in [2.24, 2.45) is 0 Å². The quantitative estimate of drug-likeness (QED) is 0.475. The molecule has 30 heavy (non-hydrogen) atoms. The molecule has 0 radical (unpaired) electrons. The predicted octanol–water partition coefficient (Wildman–Crippen LogP) is 3.01. The van der Waals surface area contributed by atoms with Gasteiger partial charge in [-0.2, -0.15) is 0 Å². The molecule has 2 heterocycles. The summed E-state index contributed by atoms with van der Waals surface area (Å²) in [5.74, 6) is -2.68. The monoisotopic (exact) mass is 406 g/mol. The molecule has 4 rings (SSSR count). The van der Waals surface area contributed by atoms with E-state index in [2.05, 4.69) is 4.90 Å². The van der Waals surface area contributed by atoms with Crippen molar-refractivity contribution in [1.29, 1.82) is 0 Å². The van der Waals surface area contributed by atoms with Gasteiger partial charge in [0.2, 0.25) is 0 Å². The first-order valence-electron chi connectivity index (χ1n) is 9.47.